The first-order chi connectivity index (χ1) is 34.3. The van der Waals surface area contributed by atoms with E-state index in [0.717, 1.165) is 44.5 Å². The van der Waals surface area contributed by atoms with Crippen molar-refractivity contribution in [1.29, 1.82) is 0 Å². The van der Waals surface area contributed by atoms with Gasteiger partial charge in [-0.05, 0) is 122 Å². The molecule has 10 aromatic carbocycles. The number of ketones is 4. The van der Waals surface area contributed by atoms with E-state index in [0.29, 0.717) is 39.0 Å². The van der Waals surface area contributed by atoms with Crippen molar-refractivity contribution in [3.05, 3.63) is 317 Å². The molecule has 0 bridgehead atoms. The Morgan fingerprint density at radius 1 is 0.200 bits per heavy atom. The van der Waals surface area contributed by atoms with Gasteiger partial charge in [0.2, 0.25) is 0 Å². The minimum Gasteiger partial charge on any atom is -0.289 e. The topological polar surface area (TPSA) is 68.3 Å². The second kappa shape index (κ2) is 19.8. The summed E-state index contributed by atoms with van der Waals surface area (Å²) in [5.41, 5.74) is 11.7. The van der Waals surface area contributed by atoms with Gasteiger partial charge in [0.1, 0.15) is 0 Å². The molecule has 0 aliphatic heterocycles. The maximum Gasteiger partial charge on any atom is 0.193 e. The summed E-state index contributed by atoms with van der Waals surface area (Å²) < 4.78 is 0. The van der Waals surface area contributed by atoms with Crippen molar-refractivity contribution >= 4 is 28.7 Å². The molecule has 0 aliphatic carbocycles. The molecular formula is C66H44O4. The van der Waals surface area contributed by atoms with Crippen LogP contribution in [0.1, 0.15) is 74.8 Å². The van der Waals surface area contributed by atoms with E-state index in [1.807, 2.05) is 194 Å². The van der Waals surface area contributed by atoms with Crippen molar-refractivity contribution < 1.29 is 19.2 Å². The molecule has 0 spiro atoms. The Hall–Kier alpha value is -9.38. The third-order valence-electron chi connectivity index (χ3n) is 12.5. The van der Waals surface area contributed by atoms with Crippen LogP contribution >= 0.6 is 0 Å². The lowest BCUT2D eigenvalue weighted by Crippen LogP contribution is -2.09. The van der Waals surface area contributed by atoms with Crippen LogP contribution in [0.25, 0.3) is 50.1 Å². The van der Waals surface area contributed by atoms with Crippen molar-refractivity contribution in [2.45, 2.75) is 0 Å². The Bertz CT molecular complexity index is 3140. The fraction of sp³-hybridized carbons (Fsp3) is 0. The number of hydrogen-bond acceptors (Lipinski definition) is 4. The Kier molecular flexibility index (Phi) is 12.6. The Balaban J connectivity index is 1.10. The van der Waals surface area contributed by atoms with Crippen LogP contribution in [0.15, 0.2) is 261 Å². The summed E-state index contributed by atoms with van der Waals surface area (Å²) in [6.45, 7) is 4.56. The van der Waals surface area contributed by atoms with E-state index in [1.54, 1.807) is 60.7 Å². The van der Waals surface area contributed by atoms with Crippen LogP contribution < -0.4 is 0 Å². The van der Waals surface area contributed by atoms with Gasteiger partial charge >= 0.3 is 0 Å². The van der Waals surface area contributed by atoms with Crippen LogP contribution in [0.4, 0.5) is 0 Å². The molecule has 332 valence electrons. The highest BCUT2D eigenvalue weighted by atomic mass is 16.1. The van der Waals surface area contributed by atoms with Crippen molar-refractivity contribution in [3.8, 4) is 44.5 Å². The summed E-state index contributed by atoms with van der Waals surface area (Å²) in [5, 5.41) is 0. The average molecular weight is 901 g/mol. The smallest absolute Gasteiger partial charge is 0.193 e. The Morgan fingerprint density at radius 3 is 0.629 bits per heavy atom. The molecule has 0 saturated heterocycles. The van der Waals surface area contributed by atoms with Gasteiger partial charge < -0.3 is 0 Å². The van der Waals surface area contributed by atoms with E-state index >= 15 is 0 Å². The summed E-state index contributed by atoms with van der Waals surface area (Å²) in [4.78, 5) is 58.9. The lowest BCUT2D eigenvalue weighted by molar-refractivity contribution is 0.102. The van der Waals surface area contributed by atoms with Crippen molar-refractivity contribution in [2.75, 3.05) is 0 Å². The van der Waals surface area contributed by atoms with Crippen LogP contribution in [-0.4, -0.2) is 23.1 Å². The fourth-order valence-electron chi connectivity index (χ4n) is 8.84. The number of benzene rings is 10. The number of rotatable bonds is 14. The molecule has 0 aromatic heterocycles. The van der Waals surface area contributed by atoms with Gasteiger partial charge in [0.25, 0.3) is 0 Å². The van der Waals surface area contributed by atoms with Crippen LogP contribution in [0, 0.1) is 0 Å². The molecule has 10 aromatic rings. The summed E-state index contributed by atoms with van der Waals surface area (Å²) in [5.74, 6) is -1.13. The van der Waals surface area contributed by atoms with Crippen LogP contribution in [0.2, 0.25) is 0 Å². The molecule has 0 N–H and O–H groups in total. The van der Waals surface area contributed by atoms with E-state index < -0.39 is 0 Å². The second-order valence-corrected chi connectivity index (χ2v) is 17.2. The van der Waals surface area contributed by atoms with Gasteiger partial charge in [-0.1, -0.05) is 201 Å². The lowest BCUT2D eigenvalue weighted by Gasteiger charge is -2.15. The van der Waals surface area contributed by atoms with Crippen molar-refractivity contribution in [1.82, 2.24) is 0 Å². The summed E-state index contributed by atoms with van der Waals surface area (Å²) in [7, 11) is 0. The molecule has 0 fully saturated rings. The van der Waals surface area contributed by atoms with Gasteiger partial charge in [0, 0.05) is 44.5 Å². The number of carbonyl (C=O) groups is 4. The van der Waals surface area contributed by atoms with E-state index in [2.05, 4.69) is 6.58 Å². The zero-order valence-electron chi connectivity index (χ0n) is 38.1. The molecular weight excluding hydrogens is 857 g/mol. The second-order valence-electron chi connectivity index (χ2n) is 17.2. The largest absolute Gasteiger partial charge is 0.289 e. The molecule has 4 heteroatoms. The highest BCUT2D eigenvalue weighted by Crippen LogP contribution is 2.32. The minimum absolute atomic E-state index is 0.282. The molecule has 70 heavy (non-hydrogen) atoms. The third-order valence-corrected chi connectivity index (χ3v) is 12.5. The van der Waals surface area contributed by atoms with E-state index in [-0.39, 0.29) is 45.4 Å². The SMILES string of the molecule is C=C(c1cc(C(=O)c2cccc(-c3ccccc3)c2)cc(C(=O)c2cccc(-c3ccccc3)c2)c1)c1cc(C(=O)c2cccc(-c3ccccc3)c2)cc(C(=O)c2cccc(-c3ccccc3)c2)c1. The number of carbonyl (C=O) groups excluding carboxylic acids is 4. The van der Waals surface area contributed by atoms with Gasteiger partial charge in [0.15, 0.2) is 23.1 Å². The molecule has 0 aliphatic rings. The van der Waals surface area contributed by atoms with Crippen LogP contribution in [0.5, 0.6) is 0 Å². The molecule has 0 atom stereocenters. The van der Waals surface area contributed by atoms with Crippen molar-refractivity contribution in [2.24, 2.45) is 0 Å². The minimum atomic E-state index is -0.282. The molecule has 0 unspecified atom stereocenters. The van der Waals surface area contributed by atoms with E-state index in [4.69, 9.17) is 0 Å². The third kappa shape index (κ3) is 9.57. The maximum atomic E-state index is 14.7. The van der Waals surface area contributed by atoms with Gasteiger partial charge in [-0.2, -0.15) is 0 Å². The standard InChI is InChI=1S/C66H44O4/c1-44(57-38-59(63(67)53-30-14-26-49(34-53)45-18-6-2-7-19-45)42-60(39-57)64(68)54-31-15-27-50(35-54)46-20-8-3-9-21-46)58-40-61(65(69)55-32-16-28-51(36-55)47-22-10-4-11-23-47)43-62(41-58)66(70)56-33-17-29-52(37-56)48-24-12-5-13-25-48/h2-43H,1H2. The molecule has 4 nitrogen and oxygen atoms in total. The highest BCUT2D eigenvalue weighted by Gasteiger charge is 2.22. The average Bonchev–Trinajstić information content (AvgIpc) is 3.45. The zero-order valence-corrected chi connectivity index (χ0v) is 38.1. The first-order valence-electron chi connectivity index (χ1n) is 23.1. The zero-order chi connectivity index (χ0) is 48.0. The molecule has 0 radical (unpaired) electrons. The first kappa shape index (κ1) is 44.5. The predicted molar refractivity (Wildman–Crippen MR) is 282 cm³/mol. The predicted octanol–water partition coefficient (Wildman–Crippen LogP) is 15.3. The maximum absolute atomic E-state index is 14.7. The normalized spacial score (nSPS) is 10.9. The molecule has 0 saturated carbocycles. The van der Waals surface area contributed by atoms with Crippen molar-refractivity contribution in [3.63, 3.8) is 0 Å². The van der Waals surface area contributed by atoms with Gasteiger partial charge in [-0.15, -0.1) is 0 Å². The Labute approximate surface area is 407 Å². The fourth-order valence-corrected chi connectivity index (χ4v) is 8.84. The molecule has 0 amide bonds. The molecule has 0 heterocycles. The van der Waals surface area contributed by atoms with Gasteiger partial charge in [-0.25, -0.2) is 0 Å². The highest BCUT2D eigenvalue weighted by molar-refractivity contribution is 6.16. The van der Waals surface area contributed by atoms with E-state index in [1.165, 1.54) is 0 Å². The summed E-state index contributed by atoms with van der Waals surface area (Å²) >= 11 is 0. The van der Waals surface area contributed by atoms with E-state index in [9.17, 15) is 19.2 Å². The Morgan fingerprint density at radius 2 is 0.400 bits per heavy atom. The first-order valence-corrected chi connectivity index (χ1v) is 23.1. The van der Waals surface area contributed by atoms with Crippen LogP contribution in [-0.2, 0) is 0 Å². The summed E-state index contributed by atoms with van der Waals surface area (Å²) in [6, 6.07) is 79.3. The monoisotopic (exact) mass is 900 g/mol. The lowest BCUT2D eigenvalue weighted by atomic mass is 9.87. The number of hydrogen-bond donors (Lipinski definition) is 0. The summed E-state index contributed by atoms with van der Waals surface area (Å²) in [6.07, 6.45) is 0. The molecule has 10 rings (SSSR count). The van der Waals surface area contributed by atoms with Crippen LogP contribution in [0.3, 0.4) is 0 Å². The quantitative estimate of drug-likeness (QED) is 0.102. The van der Waals surface area contributed by atoms with Gasteiger partial charge in [0.05, 0.1) is 0 Å². The van der Waals surface area contributed by atoms with Gasteiger partial charge in [-0.3, -0.25) is 19.2 Å².